The summed E-state index contributed by atoms with van der Waals surface area (Å²) in [5.74, 6) is 2.50. The van der Waals surface area contributed by atoms with Gasteiger partial charge in [-0.3, -0.25) is 0 Å². The second-order valence-corrected chi connectivity index (χ2v) is 4.79. The van der Waals surface area contributed by atoms with Gasteiger partial charge >= 0.3 is 0 Å². The van der Waals surface area contributed by atoms with Crippen LogP contribution in [0.15, 0.2) is 22.6 Å². The fourth-order valence-electron chi connectivity index (χ4n) is 1.61. The first-order valence-corrected chi connectivity index (χ1v) is 6.80. The Morgan fingerprint density at radius 2 is 1.95 bits per heavy atom. The van der Waals surface area contributed by atoms with Crippen LogP contribution in [0.25, 0.3) is 0 Å². The summed E-state index contributed by atoms with van der Waals surface area (Å²) in [6.07, 6.45) is 1.54. The van der Waals surface area contributed by atoms with E-state index in [2.05, 4.69) is 24.0 Å². The fraction of sp³-hybridized carbons (Fsp3) is 0.429. The third-order valence-electron chi connectivity index (χ3n) is 2.87. The first kappa shape index (κ1) is 13.9. The van der Waals surface area contributed by atoms with Crippen LogP contribution in [0.1, 0.15) is 29.3 Å². The molecule has 5 heteroatoms. The molecule has 19 heavy (non-hydrogen) atoms. The normalized spacial score (nSPS) is 10.7. The molecule has 0 N–H and O–H groups in total. The van der Waals surface area contributed by atoms with Gasteiger partial charge in [-0.2, -0.15) is 0 Å². The van der Waals surface area contributed by atoms with Crippen molar-refractivity contribution in [3.63, 3.8) is 0 Å². The highest BCUT2D eigenvalue weighted by Gasteiger charge is 2.06. The standard InChI is InChI=1S/C14H17ClN2O2/c1-10-5-6-12(8-11(10)2)18-9-14-17-16-13(19-14)4-3-7-15/h5-6,8H,3-4,7,9H2,1-2H3. The van der Waals surface area contributed by atoms with Crippen molar-refractivity contribution in [2.24, 2.45) is 0 Å². The smallest absolute Gasteiger partial charge is 0.253 e. The molecular weight excluding hydrogens is 264 g/mol. The molecule has 1 heterocycles. The number of halogens is 1. The number of nitrogens with zero attached hydrogens (tertiary/aromatic N) is 2. The predicted molar refractivity (Wildman–Crippen MR) is 73.6 cm³/mol. The van der Waals surface area contributed by atoms with E-state index in [-0.39, 0.29) is 6.61 Å². The van der Waals surface area contributed by atoms with E-state index < -0.39 is 0 Å². The molecule has 1 aromatic carbocycles. The van der Waals surface area contributed by atoms with Gasteiger partial charge in [0.05, 0.1) is 0 Å². The number of alkyl halides is 1. The lowest BCUT2D eigenvalue weighted by Crippen LogP contribution is -1.96. The number of ether oxygens (including phenoxy) is 1. The van der Waals surface area contributed by atoms with Crippen LogP contribution >= 0.6 is 11.6 Å². The molecule has 0 aliphatic rings. The van der Waals surface area contributed by atoms with E-state index in [1.54, 1.807) is 0 Å². The van der Waals surface area contributed by atoms with E-state index in [4.69, 9.17) is 20.8 Å². The molecule has 2 rings (SSSR count). The highest BCUT2D eigenvalue weighted by Crippen LogP contribution is 2.17. The Labute approximate surface area is 117 Å². The Balaban J connectivity index is 1.91. The Morgan fingerprint density at radius 1 is 1.16 bits per heavy atom. The first-order valence-electron chi connectivity index (χ1n) is 6.26. The van der Waals surface area contributed by atoms with Crippen molar-refractivity contribution in [3.05, 3.63) is 41.1 Å². The van der Waals surface area contributed by atoms with Crippen molar-refractivity contribution in [3.8, 4) is 5.75 Å². The monoisotopic (exact) mass is 280 g/mol. The third-order valence-corrected chi connectivity index (χ3v) is 3.14. The highest BCUT2D eigenvalue weighted by atomic mass is 35.5. The van der Waals surface area contributed by atoms with E-state index in [9.17, 15) is 0 Å². The van der Waals surface area contributed by atoms with Gasteiger partial charge in [0, 0.05) is 12.3 Å². The minimum atomic E-state index is 0.288. The maximum Gasteiger partial charge on any atom is 0.253 e. The van der Waals surface area contributed by atoms with Gasteiger partial charge in [0.25, 0.3) is 5.89 Å². The lowest BCUT2D eigenvalue weighted by molar-refractivity contribution is 0.258. The van der Waals surface area contributed by atoms with Crippen molar-refractivity contribution in [1.29, 1.82) is 0 Å². The van der Waals surface area contributed by atoms with Crippen LogP contribution in [-0.2, 0) is 13.0 Å². The maximum atomic E-state index is 5.62. The van der Waals surface area contributed by atoms with Gasteiger partial charge in [-0.1, -0.05) is 6.07 Å². The molecule has 0 radical (unpaired) electrons. The topological polar surface area (TPSA) is 48.2 Å². The van der Waals surface area contributed by atoms with Crippen molar-refractivity contribution in [2.75, 3.05) is 5.88 Å². The zero-order chi connectivity index (χ0) is 13.7. The minimum Gasteiger partial charge on any atom is -0.484 e. The van der Waals surface area contributed by atoms with E-state index in [0.29, 0.717) is 24.1 Å². The molecule has 102 valence electrons. The van der Waals surface area contributed by atoms with Gasteiger partial charge in [0.15, 0.2) is 6.61 Å². The van der Waals surface area contributed by atoms with Gasteiger partial charge < -0.3 is 9.15 Å². The molecule has 0 aliphatic heterocycles. The van der Waals surface area contributed by atoms with Crippen LogP contribution in [-0.4, -0.2) is 16.1 Å². The van der Waals surface area contributed by atoms with Crippen molar-refractivity contribution in [1.82, 2.24) is 10.2 Å². The maximum absolute atomic E-state index is 5.62. The summed E-state index contributed by atoms with van der Waals surface area (Å²) < 4.78 is 11.1. The average Bonchev–Trinajstić information content (AvgIpc) is 2.86. The molecular formula is C14H17ClN2O2. The fourth-order valence-corrected chi connectivity index (χ4v) is 1.75. The number of hydrogen-bond donors (Lipinski definition) is 0. The van der Waals surface area contributed by atoms with Crippen molar-refractivity contribution in [2.45, 2.75) is 33.3 Å². The van der Waals surface area contributed by atoms with Gasteiger partial charge in [-0.05, 0) is 43.5 Å². The summed E-state index contributed by atoms with van der Waals surface area (Å²) in [7, 11) is 0. The summed E-state index contributed by atoms with van der Waals surface area (Å²) in [6, 6.07) is 5.97. The summed E-state index contributed by atoms with van der Waals surface area (Å²) in [6.45, 7) is 4.41. The molecule has 0 aliphatic carbocycles. The zero-order valence-corrected chi connectivity index (χ0v) is 11.9. The number of aryl methyl sites for hydroxylation is 3. The second-order valence-electron chi connectivity index (χ2n) is 4.42. The quantitative estimate of drug-likeness (QED) is 0.761. The van der Waals surface area contributed by atoms with E-state index in [1.165, 1.54) is 11.1 Å². The Hall–Kier alpha value is -1.55. The lowest BCUT2D eigenvalue weighted by Gasteiger charge is -2.05. The van der Waals surface area contributed by atoms with Crippen LogP contribution in [0.3, 0.4) is 0 Å². The van der Waals surface area contributed by atoms with Crippen molar-refractivity contribution < 1.29 is 9.15 Å². The van der Waals surface area contributed by atoms with Gasteiger partial charge in [0.1, 0.15) is 5.75 Å². The molecule has 0 saturated heterocycles. The average molecular weight is 281 g/mol. The molecule has 0 unspecified atom stereocenters. The molecule has 0 spiro atoms. The summed E-state index contributed by atoms with van der Waals surface area (Å²) in [5.41, 5.74) is 2.44. The molecule has 2 aromatic rings. The molecule has 1 aromatic heterocycles. The summed E-state index contributed by atoms with van der Waals surface area (Å²) >= 11 is 5.61. The Morgan fingerprint density at radius 3 is 2.68 bits per heavy atom. The largest absolute Gasteiger partial charge is 0.484 e. The molecule has 0 fully saturated rings. The predicted octanol–water partition coefficient (Wildman–Crippen LogP) is 3.44. The second kappa shape index (κ2) is 6.57. The van der Waals surface area contributed by atoms with Crippen LogP contribution < -0.4 is 4.74 Å². The molecule has 4 nitrogen and oxygen atoms in total. The summed E-state index contributed by atoms with van der Waals surface area (Å²) in [4.78, 5) is 0. The van der Waals surface area contributed by atoms with Crippen LogP contribution in [0, 0.1) is 13.8 Å². The Bertz CT molecular complexity index is 540. The summed E-state index contributed by atoms with van der Waals surface area (Å²) in [5, 5.41) is 7.88. The minimum absolute atomic E-state index is 0.288. The SMILES string of the molecule is Cc1ccc(OCc2nnc(CCCCl)o2)cc1C. The number of hydrogen-bond acceptors (Lipinski definition) is 4. The first-order chi connectivity index (χ1) is 9.19. The van der Waals surface area contributed by atoms with Crippen LogP contribution in [0.4, 0.5) is 0 Å². The lowest BCUT2D eigenvalue weighted by atomic mass is 10.1. The zero-order valence-electron chi connectivity index (χ0n) is 11.1. The van der Waals surface area contributed by atoms with E-state index in [1.807, 2.05) is 18.2 Å². The van der Waals surface area contributed by atoms with Crippen LogP contribution in [0.5, 0.6) is 5.75 Å². The highest BCUT2D eigenvalue weighted by molar-refractivity contribution is 6.17. The van der Waals surface area contributed by atoms with E-state index in [0.717, 1.165) is 12.2 Å². The van der Waals surface area contributed by atoms with Gasteiger partial charge in [-0.15, -0.1) is 21.8 Å². The van der Waals surface area contributed by atoms with E-state index >= 15 is 0 Å². The molecule has 0 saturated carbocycles. The van der Waals surface area contributed by atoms with Gasteiger partial charge in [0.2, 0.25) is 5.89 Å². The Kier molecular flexibility index (Phi) is 4.80. The molecule has 0 atom stereocenters. The third kappa shape index (κ3) is 3.96. The number of benzene rings is 1. The molecule has 0 amide bonds. The number of rotatable bonds is 6. The van der Waals surface area contributed by atoms with Gasteiger partial charge in [-0.25, -0.2) is 0 Å². The van der Waals surface area contributed by atoms with Crippen molar-refractivity contribution >= 4 is 11.6 Å². The molecule has 0 bridgehead atoms. The number of aromatic nitrogens is 2. The van der Waals surface area contributed by atoms with Crippen LogP contribution in [0.2, 0.25) is 0 Å².